The van der Waals surface area contributed by atoms with Crippen LogP contribution in [0.5, 0.6) is 0 Å². The third kappa shape index (κ3) is 47.2. The van der Waals surface area contributed by atoms with Crippen LogP contribution in [0.4, 0.5) is 0 Å². The largest absolute Gasteiger partial charge is 0.544 e. The fourth-order valence-electron chi connectivity index (χ4n) is 9.08. The van der Waals surface area contributed by atoms with Gasteiger partial charge in [0, 0.05) is 19.3 Å². The van der Waals surface area contributed by atoms with E-state index in [1.54, 1.807) is 0 Å². The van der Waals surface area contributed by atoms with E-state index in [2.05, 4.69) is 13.8 Å². The first kappa shape index (κ1) is 63.3. The summed E-state index contributed by atoms with van der Waals surface area (Å²) in [5.74, 6) is -1.70. The zero-order valence-corrected chi connectivity index (χ0v) is 44.2. The van der Waals surface area contributed by atoms with Crippen molar-refractivity contribution in [1.82, 2.24) is 0 Å². The average Bonchev–Trinajstić information content (AvgIpc) is 3.27. The molecule has 0 aliphatic rings. The van der Waals surface area contributed by atoms with Crippen LogP contribution in [0.1, 0.15) is 296 Å². The molecule has 0 saturated heterocycles. The van der Waals surface area contributed by atoms with Gasteiger partial charge < -0.3 is 28.6 Å². The highest BCUT2D eigenvalue weighted by atomic mass is 16.6. The van der Waals surface area contributed by atoms with Gasteiger partial charge in [0.2, 0.25) is 0 Å². The van der Waals surface area contributed by atoms with Crippen LogP contribution in [-0.2, 0) is 28.6 Å². The number of unbranched alkanes of at least 4 members (excludes halogenated alkanes) is 39. The monoisotopic (exact) mass is 922 g/mol. The molecule has 8 heteroatoms. The molecule has 0 amide bonds. The Morgan fingerprint density at radius 1 is 0.400 bits per heavy atom. The number of likely N-dealkylation sites (N-methyl/N-ethyl adjacent to an activating group) is 1. The Labute approximate surface area is 404 Å². The van der Waals surface area contributed by atoms with Crippen molar-refractivity contribution >= 4 is 17.9 Å². The van der Waals surface area contributed by atoms with Gasteiger partial charge in [-0.25, -0.2) is 0 Å². The highest BCUT2D eigenvalue weighted by Crippen LogP contribution is 2.18. The fraction of sp³-hybridized carbons (Fsp3) is 0.947. The Kier molecular flexibility index (Phi) is 47.5. The summed E-state index contributed by atoms with van der Waals surface area (Å²) in [6.07, 6.45) is 54.3. The van der Waals surface area contributed by atoms with E-state index in [1.165, 1.54) is 225 Å². The first-order chi connectivity index (χ1) is 31.6. The Balaban J connectivity index is 4.11. The minimum Gasteiger partial charge on any atom is -0.544 e. The van der Waals surface area contributed by atoms with Crippen molar-refractivity contribution in [1.29, 1.82) is 0 Å². The molecule has 65 heavy (non-hydrogen) atoms. The van der Waals surface area contributed by atoms with Gasteiger partial charge in [-0.1, -0.05) is 264 Å². The smallest absolute Gasteiger partial charge is 0.306 e. The number of ether oxygens (including phenoxy) is 3. The molecule has 2 unspecified atom stereocenters. The standard InChI is InChI=1S/C57H111NO7/c1-6-8-10-12-14-16-18-20-22-24-26-27-28-30-32-34-36-38-40-42-44-46-48-56(60)65-53(51-63-50-49-54(57(61)62)58(3,4)5)52-64-55(59)47-45-43-41-39-37-35-33-31-29-25-23-21-19-17-15-13-11-9-7-2/h53-54H,6-52H2,1-5H3. The summed E-state index contributed by atoms with van der Waals surface area (Å²) in [7, 11) is 5.44. The van der Waals surface area contributed by atoms with Crippen molar-refractivity contribution in [2.75, 3.05) is 41.0 Å². The second-order valence-electron chi connectivity index (χ2n) is 20.9. The van der Waals surface area contributed by atoms with E-state index in [4.69, 9.17) is 14.2 Å². The molecule has 0 aliphatic carbocycles. The summed E-state index contributed by atoms with van der Waals surface area (Å²) in [6.45, 7) is 4.74. The number of carboxylic acid groups (broad SMARTS) is 1. The van der Waals surface area contributed by atoms with E-state index < -0.39 is 18.1 Å². The van der Waals surface area contributed by atoms with Crippen molar-refractivity contribution in [2.45, 2.75) is 309 Å². The molecule has 8 nitrogen and oxygen atoms in total. The van der Waals surface area contributed by atoms with Gasteiger partial charge in [0.25, 0.3) is 0 Å². The second-order valence-corrected chi connectivity index (χ2v) is 20.9. The van der Waals surface area contributed by atoms with Crippen LogP contribution < -0.4 is 5.11 Å². The van der Waals surface area contributed by atoms with E-state index in [0.717, 1.165) is 38.5 Å². The van der Waals surface area contributed by atoms with Crippen molar-refractivity contribution in [3.8, 4) is 0 Å². The summed E-state index contributed by atoms with van der Waals surface area (Å²) in [5, 5.41) is 11.7. The Morgan fingerprint density at radius 3 is 0.954 bits per heavy atom. The molecule has 0 radical (unpaired) electrons. The van der Waals surface area contributed by atoms with E-state index >= 15 is 0 Å². The van der Waals surface area contributed by atoms with Crippen molar-refractivity contribution < 1.29 is 38.2 Å². The lowest BCUT2D eigenvalue weighted by atomic mass is 10.0. The number of hydrogen-bond donors (Lipinski definition) is 0. The number of hydrogen-bond acceptors (Lipinski definition) is 7. The lowest BCUT2D eigenvalue weighted by molar-refractivity contribution is -0.889. The highest BCUT2D eigenvalue weighted by Gasteiger charge is 2.25. The number of carboxylic acids is 1. The predicted molar refractivity (Wildman–Crippen MR) is 273 cm³/mol. The van der Waals surface area contributed by atoms with Crippen LogP contribution in [0.25, 0.3) is 0 Å². The summed E-state index contributed by atoms with van der Waals surface area (Å²) >= 11 is 0. The van der Waals surface area contributed by atoms with Gasteiger partial charge in [-0.2, -0.15) is 0 Å². The van der Waals surface area contributed by atoms with Gasteiger partial charge in [-0.15, -0.1) is 0 Å². The van der Waals surface area contributed by atoms with Crippen LogP contribution in [0.2, 0.25) is 0 Å². The molecule has 0 saturated carbocycles. The molecule has 0 heterocycles. The molecule has 0 aromatic carbocycles. The van der Waals surface area contributed by atoms with Crippen LogP contribution in [0, 0.1) is 0 Å². The zero-order valence-electron chi connectivity index (χ0n) is 44.2. The third-order valence-electron chi connectivity index (χ3n) is 13.5. The molecule has 0 aliphatic heterocycles. The number of quaternary nitrogens is 1. The van der Waals surface area contributed by atoms with Gasteiger partial charge in [0.15, 0.2) is 6.10 Å². The molecule has 0 bridgehead atoms. The number of carbonyl (C=O) groups is 3. The van der Waals surface area contributed by atoms with E-state index in [0.29, 0.717) is 12.8 Å². The molecule has 0 spiro atoms. The molecule has 0 N–H and O–H groups in total. The first-order valence-electron chi connectivity index (χ1n) is 28.6. The summed E-state index contributed by atoms with van der Waals surface area (Å²) in [5.41, 5.74) is 0. The van der Waals surface area contributed by atoms with E-state index in [1.807, 2.05) is 21.1 Å². The quantitative estimate of drug-likeness (QED) is 0.0340. The summed E-state index contributed by atoms with van der Waals surface area (Å²) in [4.78, 5) is 37.1. The topological polar surface area (TPSA) is 102 Å². The number of carbonyl (C=O) groups excluding carboxylic acids is 3. The van der Waals surface area contributed by atoms with Crippen LogP contribution in [-0.4, -0.2) is 75.5 Å². The summed E-state index contributed by atoms with van der Waals surface area (Å²) in [6, 6.07) is -0.720. The number of nitrogens with zero attached hydrogens (tertiary/aromatic N) is 1. The maximum Gasteiger partial charge on any atom is 0.306 e. The summed E-state index contributed by atoms with van der Waals surface area (Å²) < 4.78 is 17.3. The highest BCUT2D eigenvalue weighted by molar-refractivity contribution is 5.70. The number of rotatable bonds is 53. The van der Waals surface area contributed by atoms with Crippen LogP contribution >= 0.6 is 0 Å². The predicted octanol–water partition coefficient (Wildman–Crippen LogP) is 15.5. The minimum atomic E-state index is -1.12. The van der Waals surface area contributed by atoms with Gasteiger partial charge in [-0.3, -0.25) is 9.59 Å². The molecular formula is C57H111NO7. The van der Waals surface area contributed by atoms with E-state index in [-0.39, 0.29) is 42.7 Å². The number of aliphatic carboxylic acids is 1. The van der Waals surface area contributed by atoms with Crippen molar-refractivity contribution in [2.24, 2.45) is 0 Å². The van der Waals surface area contributed by atoms with Crippen LogP contribution in [0.3, 0.4) is 0 Å². The maximum atomic E-state index is 12.8. The van der Waals surface area contributed by atoms with Crippen molar-refractivity contribution in [3.63, 3.8) is 0 Å². The Morgan fingerprint density at radius 2 is 0.677 bits per heavy atom. The number of esters is 2. The lowest BCUT2D eigenvalue weighted by Crippen LogP contribution is -2.55. The third-order valence-corrected chi connectivity index (χ3v) is 13.5. The molecule has 0 aromatic heterocycles. The molecule has 2 atom stereocenters. The molecule has 386 valence electrons. The van der Waals surface area contributed by atoms with Gasteiger partial charge in [0.1, 0.15) is 12.6 Å². The van der Waals surface area contributed by atoms with Crippen LogP contribution in [0.15, 0.2) is 0 Å². The van der Waals surface area contributed by atoms with E-state index in [9.17, 15) is 19.5 Å². The fourth-order valence-corrected chi connectivity index (χ4v) is 9.08. The minimum absolute atomic E-state index is 0.0501. The first-order valence-corrected chi connectivity index (χ1v) is 28.6. The maximum absolute atomic E-state index is 12.8. The normalized spacial score (nSPS) is 12.7. The Bertz CT molecular complexity index is 1030. The molecule has 0 fully saturated rings. The second kappa shape index (κ2) is 48.8. The van der Waals surface area contributed by atoms with Gasteiger partial charge >= 0.3 is 11.9 Å². The van der Waals surface area contributed by atoms with Crippen molar-refractivity contribution in [3.05, 3.63) is 0 Å². The zero-order chi connectivity index (χ0) is 47.7. The average molecular weight is 923 g/mol. The lowest BCUT2D eigenvalue weighted by Gasteiger charge is -2.34. The molecule has 0 aromatic rings. The Hall–Kier alpha value is -1.67. The molecular weight excluding hydrogens is 811 g/mol. The molecule has 0 rings (SSSR count). The van der Waals surface area contributed by atoms with Gasteiger partial charge in [0.05, 0.1) is 40.3 Å². The SMILES string of the molecule is CCCCCCCCCCCCCCCCCCCCCCCCC(=O)OC(COCCC(C(=O)[O-])[N+](C)(C)C)COC(=O)CCCCCCCCCCCCCCCCCCCCC. The van der Waals surface area contributed by atoms with Gasteiger partial charge in [-0.05, 0) is 12.8 Å².